The van der Waals surface area contributed by atoms with Gasteiger partial charge in [-0.05, 0) is 47.5 Å². The van der Waals surface area contributed by atoms with Crippen molar-refractivity contribution in [2.45, 2.75) is 6.42 Å². The molecule has 0 aliphatic carbocycles. The maximum atomic E-state index is 12.7. The van der Waals surface area contributed by atoms with Gasteiger partial charge in [-0.2, -0.15) is 5.26 Å². The predicted octanol–water partition coefficient (Wildman–Crippen LogP) is 4.22. The van der Waals surface area contributed by atoms with Crippen LogP contribution in [0.25, 0.3) is 11.1 Å². The molecule has 0 unspecified atom stereocenters. The van der Waals surface area contributed by atoms with Crippen molar-refractivity contribution in [3.05, 3.63) is 108 Å². The van der Waals surface area contributed by atoms with Crippen LogP contribution in [0.3, 0.4) is 0 Å². The molecule has 0 saturated heterocycles. The van der Waals surface area contributed by atoms with E-state index in [0.717, 1.165) is 6.42 Å². The molecule has 0 fully saturated rings. The second-order valence-corrected chi connectivity index (χ2v) is 7.53. The number of carbonyl (C=O) groups is 2. The first-order valence-corrected chi connectivity index (χ1v) is 10.7. The molecule has 174 valence electrons. The Hall–Kier alpha value is -5.03. The van der Waals surface area contributed by atoms with Crippen LogP contribution >= 0.6 is 0 Å². The van der Waals surface area contributed by atoms with Gasteiger partial charge < -0.3 is 14.3 Å². The molecular weight excluding hydrogens is 446 g/mol. The summed E-state index contributed by atoms with van der Waals surface area (Å²) in [5.41, 5.74) is 7.04. The van der Waals surface area contributed by atoms with E-state index in [-0.39, 0.29) is 22.6 Å². The highest BCUT2D eigenvalue weighted by molar-refractivity contribution is 6.01. The summed E-state index contributed by atoms with van der Waals surface area (Å²) in [6, 6.07) is 24.5. The fourth-order valence-corrected chi connectivity index (χ4v) is 3.41. The lowest BCUT2D eigenvalue weighted by molar-refractivity contribution is 0.0831. The van der Waals surface area contributed by atoms with E-state index < -0.39 is 11.8 Å². The summed E-state index contributed by atoms with van der Waals surface area (Å²) in [6.45, 7) is 0.503. The third-order valence-electron chi connectivity index (χ3n) is 5.19. The van der Waals surface area contributed by atoms with Crippen LogP contribution in [-0.2, 0) is 6.42 Å². The zero-order valence-corrected chi connectivity index (χ0v) is 18.5. The topological polar surface area (TPSA) is 125 Å². The maximum Gasteiger partial charge on any atom is 0.306 e. The number of amides is 2. The number of hydrogen-bond acceptors (Lipinski definition) is 6. The smallest absolute Gasteiger partial charge is 0.306 e. The van der Waals surface area contributed by atoms with Gasteiger partial charge in [-0.3, -0.25) is 20.4 Å². The minimum absolute atomic E-state index is 0.00940. The Morgan fingerprint density at radius 1 is 0.943 bits per heavy atom. The van der Waals surface area contributed by atoms with Crippen LogP contribution < -0.4 is 15.6 Å². The van der Waals surface area contributed by atoms with E-state index >= 15 is 0 Å². The maximum absolute atomic E-state index is 12.7. The number of ether oxygens (including phenoxy) is 1. The molecule has 2 amide bonds. The fraction of sp³-hybridized carbons (Fsp3) is 0.0741. The molecule has 0 aliphatic rings. The van der Waals surface area contributed by atoms with Gasteiger partial charge in [0.05, 0.1) is 18.4 Å². The Kier molecular flexibility index (Phi) is 7.09. The van der Waals surface area contributed by atoms with Gasteiger partial charge in [-0.15, -0.1) is 0 Å². The Bertz CT molecular complexity index is 1390. The van der Waals surface area contributed by atoms with Gasteiger partial charge in [0.1, 0.15) is 17.6 Å². The number of phenolic OH excluding ortho intramolecular Hbond substituents is 1. The Labute approximate surface area is 201 Å². The number of carbonyl (C=O) groups excluding carboxylic acids is 2. The van der Waals surface area contributed by atoms with Gasteiger partial charge in [-0.25, -0.2) is 0 Å². The van der Waals surface area contributed by atoms with Gasteiger partial charge >= 0.3 is 5.91 Å². The molecule has 4 rings (SSSR count). The molecule has 8 heteroatoms. The van der Waals surface area contributed by atoms with Gasteiger partial charge in [0.25, 0.3) is 5.91 Å². The predicted molar refractivity (Wildman–Crippen MR) is 128 cm³/mol. The number of aromatic hydroxyl groups is 1. The molecule has 1 aromatic heterocycles. The number of nitrogens with one attached hydrogen (secondary N) is 2. The van der Waals surface area contributed by atoms with Gasteiger partial charge in [-0.1, -0.05) is 42.5 Å². The van der Waals surface area contributed by atoms with E-state index in [1.54, 1.807) is 12.1 Å². The molecule has 1 heterocycles. The normalized spacial score (nSPS) is 10.3. The van der Waals surface area contributed by atoms with Crippen molar-refractivity contribution in [2.24, 2.45) is 0 Å². The van der Waals surface area contributed by atoms with Crippen LogP contribution in [0.5, 0.6) is 11.5 Å². The molecule has 3 aromatic carbocycles. The van der Waals surface area contributed by atoms with Crippen LogP contribution in [0.15, 0.2) is 89.5 Å². The van der Waals surface area contributed by atoms with Crippen LogP contribution in [-0.4, -0.2) is 23.5 Å². The standard InChI is InChI=1S/C27H21N3O5/c28-17-21-15-20(9-10-24(21)31)26(32)29-30-27(33)25-23(12-14-35-25)19-7-4-8-22(16-19)34-13-11-18-5-2-1-3-6-18/h1-10,12,14-16,31H,11,13H2,(H,29,32)(H,30,33). The second kappa shape index (κ2) is 10.7. The molecule has 0 spiro atoms. The van der Waals surface area contributed by atoms with Crippen molar-refractivity contribution >= 4 is 11.8 Å². The van der Waals surface area contributed by atoms with Crippen LogP contribution in [0.1, 0.15) is 32.0 Å². The molecule has 0 aliphatic heterocycles. The first-order chi connectivity index (χ1) is 17.0. The highest BCUT2D eigenvalue weighted by Gasteiger charge is 2.18. The second-order valence-electron chi connectivity index (χ2n) is 7.53. The summed E-state index contributed by atoms with van der Waals surface area (Å²) in [6.07, 6.45) is 2.15. The molecule has 3 N–H and O–H groups in total. The monoisotopic (exact) mass is 467 g/mol. The average Bonchev–Trinajstić information content (AvgIpc) is 3.38. The van der Waals surface area contributed by atoms with Gasteiger partial charge in [0, 0.05) is 17.5 Å². The Balaban J connectivity index is 1.40. The van der Waals surface area contributed by atoms with Crippen molar-refractivity contribution in [2.75, 3.05) is 6.61 Å². The van der Waals surface area contributed by atoms with Crippen molar-refractivity contribution in [1.82, 2.24) is 10.9 Å². The van der Waals surface area contributed by atoms with E-state index in [4.69, 9.17) is 14.4 Å². The van der Waals surface area contributed by atoms with E-state index in [9.17, 15) is 14.7 Å². The summed E-state index contributed by atoms with van der Waals surface area (Å²) in [4.78, 5) is 25.0. The van der Waals surface area contributed by atoms with Crippen molar-refractivity contribution in [1.29, 1.82) is 5.26 Å². The van der Waals surface area contributed by atoms with Crippen LogP contribution in [0, 0.1) is 11.3 Å². The number of nitriles is 1. The molecule has 0 bridgehead atoms. The number of hydrazine groups is 1. The summed E-state index contributed by atoms with van der Waals surface area (Å²) < 4.78 is 11.2. The van der Waals surface area contributed by atoms with Crippen molar-refractivity contribution in [3.8, 4) is 28.7 Å². The summed E-state index contributed by atoms with van der Waals surface area (Å²) in [5.74, 6) is -0.889. The van der Waals surface area contributed by atoms with Crippen LogP contribution in [0.2, 0.25) is 0 Å². The molecule has 0 atom stereocenters. The van der Waals surface area contributed by atoms with E-state index in [1.807, 2.05) is 54.6 Å². The van der Waals surface area contributed by atoms with Crippen LogP contribution in [0.4, 0.5) is 0 Å². The highest BCUT2D eigenvalue weighted by atomic mass is 16.5. The molecule has 35 heavy (non-hydrogen) atoms. The minimum Gasteiger partial charge on any atom is -0.507 e. The average molecular weight is 467 g/mol. The zero-order chi connectivity index (χ0) is 24.6. The first-order valence-electron chi connectivity index (χ1n) is 10.7. The molecule has 8 nitrogen and oxygen atoms in total. The third kappa shape index (κ3) is 5.67. The molecular formula is C27H21N3O5. The summed E-state index contributed by atoms with van der Waals surface area (Å²) >= 11 is 0. The van der Waals surface area contributed by atoms with Gasteiger partial charge in [0.2, 0.25) is 5.76 Å². The number of furan rings is 1. The Morgan fingerprint density at radius 3 is 2.54 bits per heavy atom. The van der Waals surface area contributed by atoms with Crippen molar-refractivity contribution < 1.29 is 23.8 Å². The van der Waals surface area contributed by atoms with E-state index in [1.165, 1.54) is 30.0 Å². The lowest BCUT2D eigenvalue weighted by Crippen LogP contribution is -2.41. The number of phenols is 1. The SMILES string of the molecule is N#Cc1cc(C(=O)NNC(=O)c2occc2-c2cccc(OCCc3ccccc3)c2)ccc1O. The highest BCUT2D eigenvalue weighted by Crippen LogP contribution is 2.28. The number of rotatable bonds is 7. The first kappa shape index (κ1) is 23.1. The number of nitrogens with zero attached hydrogens (tertiary/aromatic N) is 1. The van der Waals surface area contributed by atoms with Gasteiger partial charge in [0.15, 0.2) is 0 Å². The van der Waals surface area contributed by atoms with E-state index in [2.05, 4.69) is 10.9 Å². The molecule has 0 saturated carbocycles. The van der Waals surface area contributed by atoms with E-state index in [0.29, 0.717) is 23.5 Å². The lowest BCUT2D eigenvalue weighted by Gasteiger charge is -2.10. The minimum atomic E-state index is -0.659. The summed E-state index contributed by atoms with van der Waals surface area (Å²) in [7, 11) is 0. The fourth-order valence-electron chi connectivity index (χ4n) is 3.41. The number of hydrogen-bond donors (Lipinski definition) is 3. The largest absolute Gasteiger partial charge is 0.507 e. The molecule has 0 radical (unpaired) electrons. The van der Waals surface area contributed by atoms with Crippen molar-refractivity contribution in [3.63, 3.8) is 0 Å². The zero-order valence-electron chi connectivity index (χ0n) is 18.5. The summed E-state index contributed by atoms with van der Waals surface area (Å²) in [5, 5.41) is 18.6. The third-order valence-corrected chi connectivity index (χ3v) is 5.19. The molecule has 4 aromatic rings. The Morgan fingerprint density at radius 2 is 1.74 bits per heavy atom. The lowest BCUT2D eigenvalue weighted by atomic mass is 10.1. The quantitative estimate of drug-likeness (QED) is 0.350. The number of benzene rings is 3.